The largest absolute Gasteiger partial charge is 0.392 e. The molecule has 5 heteroatoms. The first-order valence-corrected chi connectivity index (χ1v) is 4.72. The van der Waals surface area contributed by atoms with Crippen molar-refractivity contribution >= 4 is 0 Å². The summed E-state index contributed by atoms with van der Waals surface area (Å²) in [4.78, 5) is 3.90. The molecule has 84 valence electrons. The number of benzene rings is 1. The summed E-state index contributed by atoms with van der Waals surface area (Å²) in [6, 6.07) is 2.22. The lowest BCUT2D eigenvalue weighted by atomic mass is 10.2. The van der Waals surface area contributed by atoms with Gasteiger partial charge in [-0.1, -0.05) is 0 Å². The molecule has 0 radical (unpaired) electrons. The molecule has 3 nitrogen and oxygen atoms in total. The Morgan fingerprint density at radius 1 is 1.31 bits per heavy atom. The summed E-state index contributed by atoms with van der Waals surface area (Å²) in [5.41, 5.74) is 0.0312. The van der Waals surface area contributed by atoms with E-state index in [9.17, 15) is 8.78 Å². The topological polar surface area (TPSA) is 38.0 Å². The Labute approximate surface area is 91.0 Å². The highest BCUT2D eigenvalue weighted by molar-refractivity contribution is 5.39. The van der Waals surface area contributed by atoms with Gasteiger partial charge in [-0.15, -0.1) is 0 Å². The van der Waals surface area contributed by atoms with Gasteiger partial charge in [0.25, 0.3) is 0 Å². The molecular formula is C11H10F2N2O. The van der Waals surface area contributed by atoms with E-state index >= 15 is 0 Å². The third-order valence-corrected chi connectivity index (χ3v) is 2.33. The molecule has 0 spiro atoms. The number of aliphatic hydroxyl groups is 1. The number of hydrogen-bond donors (Lipinski definition) is 1. The number of nitrogens with zero attached hydrogens (tertiary/aromatic N) is 2. The van der Waals surface area contributed by atoms with Gasteiger partial charge in [0.15, 0.2) is 11.6 Å². The van der Waals surface area contributed by atoms with Crippen LogP contribution >= 0.6 is 0 Å². The lowest BCUT2D eigenvalue weighted by Crippen LogP contribution is -2.04. The van der Waals surface area contributed by atoms with E-state index in [0.29, 0.717) is 5.82 Å². The minimum atomic E-state index is -0.717. The Morgan fingerprint density at radius 2 is 1.94 bits per heavy atom. The molecule has 0 unspecified atom stereocenters. The molecule has 0 aliphatic carbocycles. The fourth-order valence-corrected chi connectivity index (χ4v) is 1.55. The van der Waals surface area contributed by atoms with Crippen LogP contribution in [0.4, 0.5) is 8.78 Å². The minimum absolute atomic E-state index is 0.174. The molecule has 0 aliphatic rings. The van der Waals surface area contributed by atoms with Crippen LogP contribution in [0.25, 0.3) is 5.69 Å². The van der Waals surface area contributed by atoms with Gasteiger partial charge in [0.1, 0.15) is 11.5 Å². The Morgan fingerprint density at radius 3 is 2.38 bits per heavy atom. The van der Waals surface area contributed by atoms with Gasteiger partial charge < -0.3 is 5.11 Å². The fraction of sp³-hybridized carbons (Fsp3) is 0.182. The van der Waals surface area contributed by atoms with Crippen LogP contribution in [0.1, 0.15) is 11.4 Å². The van der Waals surface area contributed by atoms with Crippen molar-refractivity contribution in [2.45, 2.75) is 13.5 Å². The highest BCUT2D eigenvalue weighted by Crippen LogP contribution is 2.20. The quantitative estimate of drug-likeness (QED) is 0.846. The number of hydrogen-bond acceptors (Lipinski definition) is 2. The normalized spacial score (nSPS) is 10.8. The molecule has 16 heavy (non-hydrogen) atoms. The maximum atomic E-state index is 13.6. The lowest BCUT2D eigenvalue weighted by molar-refractivity contribution is 0.280. The highest BCUT2D eigenvalue weighted by Gasteiger charge is 2.14. The number of rotatable bonds is 2. The van der Waals surface area contributed by atoms with Gasteiger partial charge in [0.05, 0.1) is 6.61 Å². The third-order valence-electron chi connectivity index (χ3n) is 2.33. The van der Waals surface area contributed by atoms with Gasteiger partial charge in [-0.3, -0.25) is 4.57 Å². The van der Waals surface area contributed by atoms with Crippen LogP contribution in [0.5, 0.6) is 0 Å². The maximum Gasteiger partial charge on any atom is 0.150 e. The van der Waals surface area contributed by atoms with Crippen LogP contribution in [0, 0.1) is 18.6 Å². The van der Waals surface area contributed by atoms with Crippen LogP contribution in [0.15, 0.2) is 24.5 Å². The first-order chi connectivity index (χ1) is 7.63. The van der Waals surface area contributed by atoms with Crippen molar-refractivity contribution in [2.24, 2.45) is 0 Å². The number of imidazole rings is 1. The summed E-state index contributed by atoms with van der Waals surface area (Å²) in [5, 5.41) is 8.81. The van der Waals surface area contributed by atoms with Crippen LogP contribution in [0.3, 0.4) is 0 Å². The van der Waals surface area contributed by atoms with Gasteiger partial charge in [-0.25, -0.2) is 13.8 Å². The van der Waals surface area contributed by atoms with Crippen molar-refractivity contribution < 1.29 is 13.9 Å². The summed E-state index contributed by atoms with van der Waals surface area (Å²) in [7, 11) is 0. The predicted molar refractivity (Wildman–Crippen MR) is 54.1 cm³/mol. The fourth-order valence-electron chi connectivity index (χ4n) is 1.55. The molecular weight excluding hydrogens is 214 g/mol. The van der Waals surface area contributed by atoms with Gasteiger partial charge in [0, 0.05) is 12.4 Å². The van der Waals surface area contributed by atoms with Gasteiger partial charge in [-0.05, 0) is 24.6 Å². The molecule has 0 saturated carbocycles. The summed E-state index contributed by atoms with van der Waals surface area (Å²) in [6.07, 6.45) is 2.95. The van der Waals surface area contributed by atoms with Gasteiger partial charge in [0.2, 0.25) is 0 Å². The molecule has 0 amide bonds. The van der Waals surface area contributed by atoms with E-state index in [4.69, 9.17) is 5.11 Å². The van der Waals surface area contributed by atoms with E-state index in [-0.39, 0.29) is 11.3 Å². The summed E-state index contributed by atoms with van der Waals surface area (Å²) in [5.74, 6) is -0.940. The number of halogens is 2. The lowest BCUT2D eigenvalue weighted by Gasteiger charge is -2.09. The predicted octanol–water partition coefficient (Wildman–Crippen LogP) is 1.95. The SMILES string of the molecule is Cc1nccn1-c1c(F)cc(CO)cc1F. The Bertz CT molecular complexity index is 499. The Balaban J connectivity index is 2.62. The Kier molecular flexibility index (Phi) is 2.70. The van der Waals surface area contributed by atoms with Crippen molar-refractivity contribution in [1.29, 1.82) is 0 Å². The van der Waals surface area contributed by atoms with E-state index in [1.807, 2.05) is 0 Å². The molecule has 1 aromatic carbocycles. The van der Waals surface area contributed by atoms with Crippen LogP contribution in [-0.4, -0.2) is 14.7 Å². The third kappa shape index (κ3) is 1.69. The molecule has 0 atom stereocenters. The van der Waals surface area contributed by atoms with Crippen molar-refractivity contribution in [1.82, 2.24) is 9.55 Å². The van der Waals surface area contributed by atoms with Crippen molar-refractivity contribution in [3.8, 4) is 5.69 Å². The van der Waals surface area contributed by atoms with E-state index in [1.165, 1.54) is 17.0 Å². The Hall–Kier alpha value is -1.75. The molecule has 0 bridgehead atoms. The van der Waals surface area contributed by atoms with Crippen molar-refractivity contribution in [3.05, 3.63) is 47.5 Å². The second-order valence-corrected chi connectivity index (χ2v) is 3.41. The number of aliphatic hydroxyl groups excluding tert-OH is 1. The average Bonchev–Trinajstić information content (AvgIpc) is 2.64. The average molecular weight is 224 g/mol. The maximum absolute atomic E-state index is 13.6. The number of aryl methyl sites for hydroxylation is 1. The van der Waals surface area contributed by atoms with Gasteiger partial charge >= 0.3 is 0 Å². The molecule has 0 aliphatic heterocycles. The van der Waals surface area contributed by atoms with Crippen molar-refractivity contribution in [2.75, 3.05) is 0 Å². The van der Waals surface area contributed by atoms with E-state index < -0.39 is 18.2 Å². The van der Waals surface area contributed by atoms with Crippen molar-refractivity contribution in [3.63, 3.8) is 0 Å². The smallest absolute Gasteiger partial charge is 0.150 e. The molecule has 1 N–H and O–H groups in total. The minimum Gasteiger partial charge on any atom is -0.392 e. The first kappa shape index (κ1) is 10.8. The zero-order valence-electron chi connectivity index (χ0n) is 8.61. The second-order valence-electron chi connectivity index (χ2n) is 3.41. The highest BCUT2D eigenvalue weighted by atomic mass is 19.1. The standard InChI is InChI=1S/C11H10F2N2O/c1-7-14-2-3-15(7)11-9(12)4-8(6-16)5-10(11)13/h2-5,16H,6H2,1H3. The second kappa shape index (κ2) is 4.02. The summed E-state index contributed by atoms with van der Waals surface area (Å²) >= 11 is 0. The molecule has 0 fully saturated rings. The van der Waals surface area contributed by atoms with E-state index in [0.717, 1.165) is 12.1 Å². The summed E-state index contributed by atoms with van der Waals surface area (Å²) in [6.45, 7) is 1.26. The summed E-state index contributed by atoms with van der Waals surface area (Å²) < 4.78 is 28.6. The zero-order valence-corrected chi connectivity index (χ0v) is 8.61. The van der Waals surface area contributed by atoms with Crippen LogP contribution in [-0.2, 0) is 6.61 Å². The van der Waals surface area contributed by atoms with Crippen LogP contribution in [0.2, 0.25) is 0 Å². The van der Waals surface area contributed by atoms with Gasteiger partial charge in [-0.2, -0.15) is 0 Å². The number of aromatic nitrogens is 2. The zero-order chi connectivity index (χ0) is 11.7. The van der Waals surface area contributed by atoms with E-state index in [1.54, 1.807) is 6.92 Å². The molecule has 2 rings (SSSR count). The van der Waals surface area contributed by atoms with Crippen LogP contribution < -0.4 is 0 Å². The first-order valence-electron chi connectivity index (χ1n) is 4.72. The monoisotopic (exact) mass is 224 g/mol. The van der Waals surface area contributed by atoms with E-state index in [2.05, 4.69) is 4.98 Å². The molecule has 0 saturated heterocycles. The molecule has 2 aromatic rings. The molecule has 1 aromatic heterocycles. The molecule has 1 heterocycles.